The third kappa shape index (κ3) is 5.31. The summed E-state index contributed by atoms with van der Waals surface area (Å²) >= 11 is 0. The van der Waals surface area contributed by atoms with Gasteiger partial charge in [0.1, 0.15) is 0 Å². The van der Waals surface area contributed by atoms with E-state index in [1.807, 2.05) is 0 Å². The lowest BCUT2D eigenvalue weighted by Gasteiger charge is -2.29. The lowest BCUT2D eigenvalue weighted by atomic mass is 9.81. The Kier molecular flexibility index (Phi) is 6.37. The number of rotatable bonds is 6. The van der Waals surface area contributed by atoms with Crippen LogP contribution in [0.4, 0.5) is 0 Å². The summed E-state index contributed by atoms with van der Waals surface area (Å²) in [6.07, 6.45) is 9.50. The maximum atomic E-state index is 6.34. The number of nitrogens with zero attached hydrogens (tertiary/aromatic N) is 1. The minimum absolute atomic E-state index is 0.456. The molecule has 0 aromatic heterocycles. The monoisotopic (exact) mass is 226 g/mol. The van der Waals surface area contributed by atoms with E-state index in [2.05, 4.69) is 25.9 Å². The van der Waals surface area contributed by atoms with Gasteiger partial charge in [0.05, 0.1) is 0 Å². The van der Waals surface area contributed by atoms with Gasteiger partial charge in [-0.1, -0.05) is 26.2 Å². The fourth-order valence-corrected chi connectivity index (χ4v) is 2.82. The zero-order valence-electron chi connectivity index (χ0n) is 11.4. The highest BCUT2D eigenvalue weighted by molar-refractivity contribution is 4.78. The molecule has 0 bridgehead atoms. The fourth-order valence-electron chi connectivity index (χ4n) is 2.82. The van der Waals surface area contributed by atoms with Crippen LogP contribution in [-0.2, 0) is 0 Å². The Morgan fingerprint density at radius 2 is 1.81 bits per heavy atom. The van der Waals surface area contributed by atoms with Gasteiger partial charge >= 0.3 is 0 Å². The van der Waals surface area contributed by atoms with Crippen LogP contribution < -0.4 is 5.73 Å². The Morgan fingerprint density at radius 3 is 2.38 bits per heavy atom. The van der Waals surface area contributed by atoms with Gasteiger partial charge in [0, 0.05) is 6.04 Å². The van der Waals surface area contributed by atoms with Gasteiger partial charge in [0.25, 0.3) is 0 Å². The van der Waals surface area contributed by atoms with E-state index in [-0.39, 0.29) is 0 Å². The summed E-state index contributed by atoms with van der Waals surface area (Å²) in [5.41, 5.74) is 6.34. The van der Waals surface area contributed by atoms with Crippen LogP contribution >= 0.6 is 0 Å². The van der Waals surface area contributed by atoms with E-state index in [9.17, 15) is 0 Å². The second kappa shape index (κ2) is 7.29. The fraction of sp³-hybridized carbons (Fsp3) is 1.00. The van der Waals surface area contributed by atoms with Crippen LogP contribution in [0.2, 0.25) is 0 Å². The molecular weight excluding hydrogens is 196 g/mol. The topological polar surface area (TPSA) is 29.3 Å². The molecule has 1 rings (SSSR count). The number of hydrogen-bond acceptors (Lipinski definition) is 2. The van der Waals surface area contributed by atoms with Gasteiger partial charge in [-0.05, 0) is 58.2 Å². The van der Waals surface area contributed by atoms with Crippen molar-refractivity contribution in [1.82, 2.24) is 4.90 Å². The molecule has 0 amide bonds. The molecule has 16 heavy (non-hydrogen) atoms. The van der Waals surface area contributed by atoms with Crippen molar-refractivity contribution in [2.24, 2.45) is 17.6 Å². The molecule has 2 atom stereocenters. The van der Waals surface area contributed by atoms with Crippen molar-refractivity contribution >= 4 is 0 Å². The van der Waals surface area contributed by atoms with Crippen LogP contribution in [0.3, 0.4) is 0 Å². The summed E-state index contributed by atoms with van der Waals surface area (Å²) in [7, 11) is 4.29. The van der Waals surface area contributed by atoms with E-state index >= 15 is 0 Å². The third-order valence-corrected chi connectivity index (χ3v) is 4.00. The lowest BCUT2D eigenvalue weighted by molar-refractivity contribution is 0.260. The van der Waals surface area contributed by atoms with Gasteiger partial charge in [-0.15, -0.1) is 0 Å². The second-order valence-corrected chi connectivity index (χ2v) is 5.99. The maximum absolute atomic E-state index is 6.34. The van der Waals surface area contributed by atoms with Crippen LogP contribution in [0.15, 0.2) is 0 Å². The van der Waals surface area contributed by atoms with Gasteiger partial charge in [-0.3, -0.25) is 0 Å². The average Bonchev–Trinajstić information content (AvgIpc) is 2.27. The molecule has 0 spiro atoms. The average molecular weight is 226 g/mol. The molecule has 2 heteroatoms. The number of hydrogen-bond donors (Lipinski definition) is 1. The van der Waals surface area contributed by atoms with Crippen LogP contribution in [0, 0.1) is 11.8 Å². The van der Waals surface area contributed by atoms with Crippen LogP contribution in [0.1, 0.15) is 51.9 Å². The third-order valence-electron chi connectivity index (χ3n) is 4.00. The molecule has 1 saturated carbocycles. The van der Waals surface area contributed by atoms with E-state index in [1.54, 1.807) is 0 Å². The predicted octanol–water partition coefficient (Wildman–Crippen LogP) is 2.87. The SMILES string of the molecule is CC(CCN(C)C)CC(N)C1CCCCC1. The van der Waals surface area contributed by atoms with Gasteiger partial charge in [-0.2, -0.15) is 0 Å². The second-order valence-electron chi connectivity index (χ2n) is 5.99. The first-order valence-corrected chi connectivity index (χ1v) is 7.00. The van der Waals surface area contributed by atoms with E-state index in [0.717, 1.165) is 11.8 Å². The lowest BCUT2D eigenvalue weighted by Crippen LogP contribution is -2.33. The van der Waals surface area contributed by atoms with Crippen molar-refractivity contribution in [2.75, 3.05) is 20.6 Å². The highest BCUT2D eigenvalue weighted by Gasteiger charge is 2.21. The van der Waals surface area contributed by atoms with E-state index in [4.69, 9.17) is 5.73 Å². The van der Waals surface area contributed by atoms with E-state index in [1.165, 1.54) is 51.5 Å². The van der Waals surface area contributed by atoms with Crippen molar-refractivity contribution in [3.05, 3.63) is 0 Å². The van der Waals surface area contributed by atoms with Crippen molar-refractivity contribution in [1.29, 1.82) is 0 Å². The summed E-state index contributed by atoms with van der Waals surface area (Å²) in [6.45, 7) is 3.55. The first kappa shape index (κ1) is 14.0. The van der Waals surface area contributed by atoms with Crippen molar-refractivity contribution in [2.45, 2.75) is 57.9 Å². The molecule has 1 fully saturated rings. The molecule has 2 nitrogen and oxygen atoms in total. The van der Waals surface area contributed by atoms with E-state index < -0.39 is 0 Å². The predicted molar refractivity (Wildman–Crippen MR) is 71.5 cm³/mol. The quantitative estimate of drug-likeness (QED) is 0.754. The highest BCUT2D eigenvalue weighted by Crippen LogP contribution is 2.28. The minimum atomic E-state index is 0.456. The molecule has 0 heterocycles. The molecule has 0 aromatic carbocycles. The molecule has 2 unspecified atom stereocenters. The first-order chi connectivity index (χ1) is 7.59. The molecule has 0 radical (unpaired) electrons. The summed E-state index contributed by atoms with van der Waals surface area (Å²) in [5, 5.41) is 0. The van der Waals surface area contributed by atoms with Gasteiger partial charge < -0.3 is 10.6 Å². The van der Waals surface area contributed by atoms with Crippen LogP contribution in [-0.4, -0.2) is 31.6 Å². The van der Waals surface area contributed by atoms with Gasteiger partial charge in [0.15, 0.2) is 0 Å². The summed E-state index contributed by atoms with van der Waals surface area (Å²) in [6, 6.07) is 0.456. The highest BCUT2D eigenvalue weighted by atomic mass is 15.0. The normalized spacial score (nSPS) is 22.3. The first-order valence-electron chi connectivity index (χ1n) is 7.00. The zero-order valence-corrected chi connectivity index (χ0v) is 11.4. The Bertz CT molecular complexity index is 174. The molecular formula is C14H30N2. The Hall–Kier alpha value is -0.0800. The summed E-state index contributed by atoms with van der Waals surface area (Å²) < 4.78 is 0. The van der Waals surface area contributed by atoms with Crippen LogP contribution in [0.5, 0.6) is 0 Å². The Labute approximate surface area is 102 Å². The molecule has 2 N–H and O–H groups in total. The van der Waals surface area contributed by atoms with E-state index in [0.29, 0.717) is 6.04 Å². The summed E-state index contributed by atoms with van der Waals surface area (Å²) in [5.74, 6) is 1.59. The smallest absolute Gasteiger partial charge is 0.00697 e. The molecule has 1 aliphatic carbocycles. The molecule has 0 aliphatic heterocycles. The summed E-state index contributed by atoms with van der Waals surface area (Å²) in [4.78, 5) is 2.27. The standard InChI is InChI=1S/C14H30N2/c1-12(9-10-16(2)3)11-14(15)13-7-5-4-6-8-13/h12-14H,4-11,15H2,1-3H3. The van der Waals surface area contributed by atoms with Crippen molar-refractivity contribution in [3.8, 4) is 0 Å². The molecule has 1 aliphatic rings. The minimum Gasteiger partial charge on any atom is -0.327 e. The Morgan fingerprint density at radius 1 is 1.19 bits per heavy atom. The molecule has 0 aromatic rings. The molecule has 96 valence electrons. The number of nitrogens with two attached hydrogens (primary N) is 1. The maximum Gasteiger partial charge on any atom is 0.00697 e. The van der Waals surface area contributed by atoms with Crippen molar-refractivity contribution < 1.29 is 0 Å². The van der Waals surface area contributed by atoms with Gasteiger partial charge in [0.2, 0.25) is 0 Å². The molecule has 0 saturated heterocycles. The Balaban J connectivity index is 2.18. The van der Waals surface area contributed by atoms with Gasteiger partial charge in [-0.25, -0.2) is 0 Å². The van der Waals surface area contributed by atoms with Crippen LogP contribution in [0.25, 0.3) is 0 Å². The van der Waals surface area contributed by atoms with Crippen molar-refractivity contribution in [3.63, 3.8) is 0 Å². The zero-order chi connectivity index (χ0) is 12.0. The largest absolute Gasteiger partial charge is 0.327 e.